The van der Waals surface area contributed by atoms with Gasteiger partial charge in [0.05, 0.1) is 11.8 Å². The molecule has 3 nitrogen and oxygen atoms in total. The van der Waals surface area contributed by atoms with E-state index in [1.165, 1.54) is 0 Å². The van der Waals surface area contributed by atoms with E-state index in [-0.39, 0.29) is 23.0 Å². The number of carbonyl (C=O) groups is 1. The molecule has 0 unspecified atom stereocenters. The molecule has 0 saturated carbocycles. The molecule has 0 bridgehead atoms. The van der Waals surface area contributed by atoms with Crippen molar-refractivity contribution in [2.75, 3.05) is 0 Å². The number of nitrogens with zero attached hydrogens (tertiary/aromatic N) is 2. The fraction of sp³-hybridized carbons (Fsp3) is 0.231. The van der Waals surface area contributed by atoms with Crippen molar-refractivity contribution in [3.05, 3.63) is 41.7 Å². The van der Waals surface area contributed by atoms with Crippen molar-refractivity contribution in [2.45, 2.75) is 18.9 Å². The Labute approximate surface area is 120 Å². The molecule has 9 heteroatoms. The maximum absolute atomic E-state index is 13.0. The second kappa shape index (κ2) is 5.47. The van der Waals surface area contributed by atoms with Crippen LogP contribution in [0.3, 0.4) is 0 Å². The lowest BCUT2D eigenvalue weighted by atomic mass is 9.99. The van der Waals surface area contributed by atoms with Crippen LogP contribution in [0.5, 0.6) is 0 Å². The van der Waals surface area contributed by atoms with E-state index in [1.807, 2.05) is 0 Å². The van der Waals surface area contributed by atoms with Gasteiger partial charge in [0, 0.05) is 17.3 Å². The summed E-state index contributed by atoms with van der Waals surface area (Å²) in [6.45, 7) is -1.40. The van der Waals surface area contributed by atoms with E-state index in [9.17, 15) is 31.1 Å². The maximum atomic E-state index is 13.0. The molecule has 118 valence electrons. The number of rotatable bonds is 3. The van der Waals surface area contributed by atoms with Crippen molar-refractivity contribution in [3.8, 4) is 11.1 Å². The Hall–Kier alpha value is -2.32. The normalized spacial score (nSPS) is 12.5. The van der Waals surface area contributed by atoms with Gasteiger partial charge >= 0.3 is 12.4 Å². The van der Waals surface area contributed by atoms with Gasteiger partial charge in [-0.25, -0.2) is 0 Å². The number of halogens is 6. The second-order valence-corrected chi connectivity index (χ2v) is 4.46. The molecule has 2 aromatic rings. The summed E-state index contributed by atoms with van der Waals surface area (Å²) in [5, 5.41) is 3.40. The molecule has 1 heterocycles. The first kappa shape index (κ1) is 16.1. The van der Waals surface area contributed by atoms with Gasteiger partial charge in [-0.15, -0.1) is 0 Å². The van der Waals surface area contributed by atoms with E-state index in [4.69, 9.17) is 0 Å². The summed E-state index contributed by atoms with van der Waals surface area (Å²) >= 11 is 0. The molecule has 0 aliphatic rings. The van der Waals surface area contributed by atoms with Gasteiger partial charge in [-0.3, -0.25) is 9.48 Å². The van der Waals surface area contributed by atoms with Crippen molar-refractivity contribution >= 4 is 6.29 Å². The van der Waals surface area contributed by atoms with Crippen LogP contribution < -0.4 is 0 Å². The first-order valence-corrected chi connectivity index (χ1v) is 5.86. The van der Waals surface area contributed by atoms with Crippen LogP contribution in [0.25, 0.3) is 11.1 Å². The molecular formula is C13H8F6N2O. The van der Waals surface area contributed by atoms with Gasteiger partial charge in [-0.2, -0.15) is 31.4 Å². The smallest absolute Gasteiger partial charge is 0.298 e. The third-order valence-electron chi connectivity index (χ3n) is 2.77. The van der Waals surface area contributed by atoms with Crippen LogP contribution in [0.1, 0.15) is 15.9 Å². The zero-order valence-corrected chi connectivity index (χ0v) is 10.7. The molecule has 0 aliphatic carbocycles. The number of hydrogen-bond acceptors (Lipinski definition) is 2. The Balaban J connectivity index is 2.46. The quantitative estimate of drug-likeness (QED) is 0.634. The van der Waals surface area contributed by atoms with Gasteiger partial charge in [0.2, 0.25) is 0 Å². The highest BCUT2D eigenvalue weighted by Gasteiger charge is 2.34. The first-order chi connectivity index (χ1) is 10.1. The molecule has 0 saturated heterocycles. The van der Waals surface area contributed by atoms with Crippen LogP contribution in [0, 0.1) is 0 Å². The lowest BCUT2D eigenvalue weighted by Crippen LogP contribution is -2.17. The Bertz CT molecular complexity index is 687. The fourth-order valence-electron chi connectivity index (χ4n) is 1.89. The van der Waals surface area contributed by atoms with Crippen molar-refractivity contribution in [1.82, 2.24) is 9.78 Å². The average Bonchev–Trinajstić information content (AvgIpc) is 2.83. The monoisotopic (exact) mass is 322 g/mol. The third kappa shape index (κ3) is 3.66. The zero-order chi connectivity index (χ0) is 16.5. The molecule has 0 fully saturated rings. The molecule has 1 aromatic heterocycles. The number of benzene rings is 1. The molecule has 1 aromatic carbocycles. The van der Waals surface area contributed by atoms with Crippen LogP contribution in [-0.2, 0) is 12.7 Å². The molecule has 0 atom stereocenters. The SMILES string of the molecule is O=Cc1ccc(-c2cnn(CC(F)(F)F)c2)c(C(F)(F)F)c1. The summed E-state index contributed by atoms with van der Waals surface area (Å²) in [7, 11) is 0. The van der Waals surface area contributed by atoms with Gasteiger partial charge in [0.15, 0.2) is 0 Å². The summed E-state index contributed by atoms with van der Waals surface area (Å²) in [5.41, 5.74) is -1.75. The van der Waals surface area contributed by atoms with E-state index in [0.29, 0.717) is 10.7 Å². The Kier molecular flexibility index (Phi) is 3.99. The lowest BCUT2D eigenvalue weighted by Gasteiger charge is -2.12. The van der Waals surface area contributed by atoms with Crippen LogP contribution in [0.2, 0.25) is 0 Å². The third-order valence-corrected chi connectivity index (χ3v) is 2.77. The molecule has 0 N–H and O–H groups in total. The number of aldehydes is 1. The summed E-state index contributed by atoms with van der Waals surface area (Å²) < 4.78 is 76.2. The number of alkyl halides is 6. The molecule has 22 heavy (non-hydrogen) atoms. The van der Waals surface area contributed by atoms with E-state index in [2.05, 4.69) is 5.10 Å². The van der Waals surface area contributed by atoms with Gasteiger partial charge in [-0.1, -0.05) is 12.1 Å². The highest BCUT2D eigenvalue weighted by molar-refractivity contribution is 5.78. The van der Waals surface area contributed by atoms with Crippen molar-refractivity contribution < 1.29 is 31.1 Å². The predicted octanol–water partition coefficient (Wildman–Crippen LogP) is 3.94. The van der Waals surface area contributed by atoms with E-state index < -0.39 is 24.5 Å². The molecular weight excluding hydrogens is 314 g/mol. The lowest BCUT2D eigenvalue weighted by molar-refractivity contribution is -0.142. The van der Waals surface area contributed by atoms with Crippen molar-refractivity contribution in [2.24, 2.45) is 0 Å². The fourth-order valence-corrected chi connectivity index (χ4v) is 1.89. The summed E-state index contributed by atoms with van der Waals surface area (Å²) in [4.78, 5) is 10.6. The van der Waals surface area contributed by atoms with Gasteiger partial charge in [0.25, 0.3) is 0 Å². The van der Waals surface area contributed by atoms with Crippen LogP contribution in [0.4, 0.5) is 26.3 Å². The minimum atomic E-state index is -4.75. The Morgan fingerprint density at radius 3 is 2.36 bits per heavy atom. The van der Waals surface area contributed by atoms with Gasteiger partial charge in [-0.05, 0) is 11.6 Å². The molecule has 0 aliphatic heterocycles. The second-order valence-electron chi connectivity index (χ2n) is 4.46. The predicted molar refractivity (Wildman–Crippen MR) is 64.1 cm³/mol. The van der Waals surface area contributed by atoms with Gasteiger partial charge in [0.1, 0.15) is 12.8 Å². The van der Waals surface area contributed by atoms with E-state index in [1.54, 1.807) is 0 Å². The van der Waals surface area contributed by atoms with Crippen molar-refractivity contribution in [1.29, 1.82) is 0 Å². The molecule has 2 rings (SSSR count). The summed E-state index contributed by atoms with van der Waals surface area (Å²) in [5.74, 6) is 0. The van der Waals surface area contributed by atoms with E-state index >= 15 is 0 Å². The Morgan fingerprint density at radius 1 is 1.14 bits per heavy atom. The standard InChI is InChI=1S/C13H8F6N2O/c14-12(15,16)7-21-5-9(4-20-21)10-2-1-8(6-22)3-11(10)13(17,18)19/h1-6H,7H2. The first-order valence-electron chi connectivity index (χ1n) is 5.86. The van der Waals surface area contributed by atoms with E-state index in [0.717, 1.165) is 24.5 Å². The average molecular weight is 322 g/mol. The van der Waals surface area contributed by atoms with Crippen LogP contribution in [0.15, 0.2) is 30.6 Å². The maximum Gasteiger partial charge on any atom is 0.417 e. The Morgan fingerprint density at radius 2 is 1.82 bits per heavy atom. The number of aromatic nitrogens is 2. The van der Waals surface area contributed by atoms with Crippen LogP contribution >= 0.6 is 0 Å². The summed E-state index contributed by atoms with van der Waals surface area (Å²) in [6, 6.07) is 2.82. The summed E-state index contributed by atoms with van der Waals surface area (Å²) in [6.07, 6.45) is -7.24. The molecule has 0 amide bonds. The topological polar surface area (TPSA) is 34.9 Å². The minimum Gasteiger partial charge on any atom is -0.298 e. The van der Waals surface area contributed by atoms with Crippen LogP contribution in [-0.4, -0.2) is 22.2 Å². The number of carbonyl (C=O) groups excluding carboxylic acids is 1. The zero-order valence-electron chi connectivity index (χ0n) is 10.7. The minimum absolute atomic E-state index is 0.117. The largest absolute Gasteiger partial charge is 0.417 e. The molecule has 0 spiro atoms. The van der Waals surface area contributed by atoms with Gasteiger partial charge < -0.3 is 0 Å². The molecule has 0 radical (unpaired) electrons. The number of hydrogen-bond donors (Lipinski definition) is 0. The van der Waals surface area contributed by atoms with Crippen molar-refractivity contribution in [3.63, 3.8) is 0 Å². The highest BCUT2D eigenvalue weighted by atomic mass is 19.4. The highest BCUT2D eigenvalue weighted by Crippen LogP contribution is 2.37.